The molecule has 0 aromatic heterocycles. The smallest absolute Gasteiger partial charge is 0.338 e. The lowest BCUT2D eigenvalue weighted by molar-refractivity contribution is -0.139. The van der Waals surface area contributed by atoms with E-state index < -0.39 is 23.9 Å². The number of hydrogen-bond donors (Lipinski definition) is 3. The van der Waals surface area contributed by atoms with Crippen molar-refractivity contribution in [3.8, 4) is 17.2 Å². The maximum atomic E-state index is 13.9. The first-order valence-electron chi connectivity index (χ1n) is 13.5. The highest BCUT2D eigenvalue weighted by molar-refractivity contribution is 14.1. The summed E-state index contributed by atoms with van der Waals surface area (Å²) < 4.78 is 37.4. The summed E-state index contributed by atoms with van der Waals surface area (Å²) in [6, 6.07) is 13.5. The fourth-order valence-electron chi connectivity index (χ4n) is 4.32. The quantitative estimate of drug-likeness (QED) is 0.0954. The Hall–Kier alpha value is -4.18. The molecule has 236 valence electrons. The Labute approximate surface area is 280 Å². The number of nitrogens with one attached hydrogen (secondary N) is 3. The summed E-state index contributed by atoms with van der Waals surface area (Å²) in [4.78, 5) is 37.2. The molecule has 14 heteroatoms. The molecule has 0 saturated carbocycles. The van der Waals surface area contributed by atoms with Crippen LogP contribution in [0.3, 0.4) is 0 Å². The SMILES string of the molecule is CCOC(=O)C1=C(C)NC(=O)N[C@@H]1c1ccc(OCC(=O)N/N=C\c2cc(Br)c(OCc3ccccc3F)c(I)c2)c(OC)c1. The Kier molecular flexibility index (Phi) is 11.8. The van der Waals surface area contributed by atoms with Crippen molar-refractivity contribution in [3.05, 3.63) is 96.4 Å². The van der Waals surface area contributed by atoms with Gasteiger partial charge in [0.05, 0.1) is 39.6 Å². The van der Waals surface area contributed by atoms with Crippen LogP contribution in [-0.2, 0) is 20.9 Å². The van der Waals surface area contributed by atoms with Gasteiger partial charge in [0.2, 0.25) is 0 Å². The van der Waals surface area contributed by atoms with Crippen LogP contribution in [0.2, 0.25) is 0 Å². The largest absolute Gasteiger partial charge is 0.493 e. The van der Waals surface area contributed by atoms with Crippen molar-refractivity contribution in [3.63, 3.8) is 0 Å². The zero-order valence-electron chi connectivity index (χ0n) is 24.4. The standard InChI is InChI=1S/C31H29BrFIN4O7/c1-4-43-30(40)27-17(2)36-31(41)37-28(27)19-9-10-24(25(13-19)42-3)44-16-26(39)38-35-14-18-11-21(32)29(23(34)12-18)45-15-20-7-5-6-8-22(20)33/h5-14,28H,4,15-16H2,1-3H3,(H,38,39)(H2,36,37,41)/b35-14-/t28-/m1/s1. The molecule has 11 nitrogen and oxygen atoms in total. The second-order valence-electron chi connectivity index (χ2n) is 9.48. The van der Waals surface area contributed by atoms with Gasteiger partial charge in [-0.25, -0.2) is 19.4 Å². The molecule has 45 heavy (non-hydrogen) atoms. The van der Waals surface area contributed by atoms with Gasteiger partial charge >= 0.3 is 12.0 Å². The number of allylic oxidation sites excluding steroid dienone is 1. The van der Waals surface area contributed by atoms with E-state index in [1.165, 1.54) is 19.4 Å². The maximum absolute atomic E-state index is 13.9. The van der Waals surface area contributed by atoms with E-state index in [-0.39, 0.29) is 42.7 Å². The zero-order valence-corrected chi connectivity index (χ0v) is 28.2. The fourth-order valence-corrected chi connectivity index (χ4v) is 6.09. The van der Waals surface area contributed by atoms with Crippen molar-refractivity contribution >= 4 is 62.6 Å². The number of halogens is 3. The molecule has 0 spiro atoms. The number of methoxy groups -OCH3 is 1. The van der Waals surface area contributed by atoms with Gasteiger partial charge in [-0.05, 0) is 93.8 Å². The third-order valence-corrected chi connectivity index (χ3v) is 7.79. The molecular formula is C31H29BrFIN4O7. The number of esters is 1. The number of amides is 3. The lowest BCUT2D eigenvalue weighted by Crippen LogP contribution is -2.45. The van der Waals surface area contributed by atoms with Crippen LogP contribution in [0.1, 0.15) is 36.6 Å². The van der Waals surface area contributed by atoms with Crippen molar-refractivity contribution in [1.29, 1.82) is 0 Å². The molecule has 3 N–H and O–H groups in total. The molecule has 0 radical (unpaired) electrons. The molecular weight excluding hydrogens is 766 g/mol. The normalized spacial score (nSPS) is 14.4. The van der Waals surface area contributed by atoms with E-state index in [2.05, 4.69) is 59.7 Å². The monoisotopic (exact) mass is 794 g/mol. The molecule has 1 atom stereocenters. The lowest BCUT2D eigenvalue weighted by Gasteiger charge is -2.28. The minimum Gasteiger partial charge on any atom is -0.493 e. The second-order valence-corrected chi connectivity index (χ2v) is 11.5. The van der Waals surface area contributed by atoms with E-state index >= 15 is 0 Å². The van der Waals surface area contributed by atoms with Crippen LogP contribution in [0.15, 0.2) is 75.4 Å². The van der Waals surface area contributed by atoms with Gasteiger partial charge in [-0.1, -0.05) is 24.3 Å². The van der Waals surface area contributed by atoms with Gasteiger partial charge < -0.3 is 29.6 Å². The third-order valence-electron chi connectivity index (χ3n) is 6.40. The highest BCUT2D eigenvalue weighted by Crippen LogP contribution is 2.35. The number of ether oxygens (including phenoxy) is 4. The van der Waals surface area contributed by atoms with E-state index in [0.717, 1.165) is 3.57 Å². The first-order valence-corrected chi connectivity index (χ1v) is 15.4. The molecule has 0 aliphatic carbocycles. The van der Waals surface area contributed by atoms with Gasteiger partial charge in [-0.2, -0.15) is 5.10 Å². The number of benzene rings is 3. The van der Waals surface area contributed by atoms with E-state index in [0.29, 0.717) is 32.6 Å². The summed E-state index contributed by atoms with van der Waals surface area (Å²) in [5, 5.41) is 9.31. The Balaban J connectivity index is 1.36. The first-order chi connectivity index (χ1) is 21.6. The van der Waals surface area contributed by atoms with E-state index in [4.69, 9.17) is 18.9 Å². The average molecular weight is 795 g/mol. The molecule has 3 aromatic rings. The summed E-state index contributed by atoms with van der Waals surface area (Å²) >= 11 is 5.58. The van der Waals surface area contributed by atoms with Crippen molar-refractivity contribution < 1.29 is 37.7 Å². The van der Waals surface area contributed by atoms with Gasteiger partial charge in [0.1, 0.15) is 18.2 Å². The Bertz CT molecular complexity index is 1640. The number of hydrogen-bond acceptors (Lipinski definition) is 8. The number of hydrazone groups is 1. The van der Waals surface area contributed by atoms with Crippen LogP contribution in [-0.4, -0.2) is 44.4 Å². The Morgan fingerprint density at radius 2 is 1.91 bits per heavy atom. The van der Waals surface area contributed by atoms with Gasteiger partial charge in [-0.3, -0.25) is 4.79 Å². The number of nitrogens with zero attached hydrogens (tertiary/aromatic N) is 1. The summed E-state index contributed by atoms with van der Waals surface area (Å²) in [6.45, 7) is 3.19. The van der Waals surface area contributed by atoms with Crippen LogP contribution >= 0.6 is 38.5 Å². The molecule has 0 unspecified atom stereocenters. The molecule has 0 fully saturated rings. The van der Waals surface area contributed by atoms with Crippen LogP contribution < -0.4 is 30.3 Å². The Morgan fingerprint density at radius 3 is 2.62 bits per heavy atom. The predicted molar refractivity (Wildman–Crippen MR) is 176 cm³/mol. The minimum atomic E-state index is -0.783. The number of urea groups is 1. The van der Waals surface area contributed by atoms with Gasteiger partial charge in [-0.15, -0.1) is 0 Å². The predicted octanol–water partition coefficient (Wildman–Crippen LogP) is 5.50. The van der Waals surface area contributed by atoms with Crippen LogP contribution in [0.4, 0.5) is 9.18 Å². The maximum Gasteiger partial charge on any atom is 0.338 e. The lowest BCUT2D eigenvalue weighted by atomic mass is 9.95. The summed E-state index contributed by atoms with van der Waals surface area (Å²) in [5.41, 5.74) is 4.72. The fraction of sp³-hybridized carbons (Fsp3) is 0.226. The van der Waals surface area contributed by atoms with Crippen molar-refractivity contribution in [1.82, 2.24) is 16.1 Å². The molecule has 3 amide bonds. The molecule has 3 aromatic carbocycles. The van der Waals surface area contributed by atoms with Gasteiger partial charge in [0, 0.05) is 11.3 Å². The summed E-state index contributed by atoms with van der Waals surface area (Å²) in [7, 11) is 1.43. The average Bonchev–Trinajstić information content (AvgIpc) is 3.00. The summed E-state index contributed by atoms with van der Waals surface area (Å²) in [5.74, 6) is -0.316. The topological polar surface area (TPSA) is 137 Å². The number of carbonyl (C=O) groups is 3. The van der Waals surface area contributed by atoms with Crippen LogP contribution in [0, 0.1) is 9.39 Å². The van der Waals surface area contributed by atoms with E-state index in [9.17, 15) is 18.8 Å². The molecule has 0 bridgehead atoms. The minimum absolute atomic E-state index is 0.0677. The number of carbonyl (C=O) groups excluding carboxylic acids is 3. The van der Waals surface area contributed by atoms with Crippen molar-refractivity contribution in [2.24, 2.45) is 5.10 Å². The third kappa shape index (κ3) is 8.72. The first kappa shape index (κ1) is 33.7. The van der Waals surface area contributed by atoms with E-state index in [1.54, 1.807) is 62.4 Å². The van der Waals surface area contributed by atoms with Crippen molar-refractivity contribution in [2.45, 2.75) is 26.5 Å². The Morgan fingerprint density at radius 1 is 1.13 bits per heavy atom. The summed E-state index contributed by atoms with van der Waals surface area (Å²) in [6.07, 6.45) is 1.46. The van der Waals surface area contributed by atoms with Crippen LogP contribution in [0.25, 0.3) is 0 Å². The highest BCUT2D eigenvalue weighted by atomic mass is 127. The molecule has 1 aliphatic heterocycles. The number of rotatable bonds is 12. The van der Waals surface area contributed by atoms with Gasteiger partial charge in [0.25, 0.3) is 5.91 Å². The molecule has 0 saturated heterocycles. The molecule has 1 aliphatic rings. The van der Waals surface area contributed by atoms with Gasteiger partial charge in [0.15, 0.2) is 18.1 Å². The molecule has 1 heterocycles. The zero-order chi connectivity index (χ0) is 32.5. The molecule has 4 rings (SSSR count). The van der Waals surface area contributed by atoms with Crippen LogP contribution in [0.5, 0.6) is 17.2 Å². The van der Waals surface area contributed by atoms with E-state index in [1.807, 2.05) is 0 Å². The van der Waals surface area contributed by atoms with Crippen molar-refractivity contribution in [2.75, 3.05) is 20.3 Å². The highest BCUT2D eigenvalue weighted by Gasteiger charge is 2.32. The second kappa shape index (κ2) is 15.7.